The van der Waals surface area contributed by atoms with Crippen LogP contribution in [0.25, 0.3) is 0 Å². The van der Waals surface area contributed by atoms with Crippen molar-refractivity contribution in [1.29, 1.82) is 0 Å². The molecule has 0 saturated carbocycles. The second kappa shape index (κ2) is 14.0. The van der Waals surface area contributed by atoms with Gasteiger partial charge < -0.3 is 19.9 Å². The molecule has 11 heteroatoms. The van der Waals surface area contributed by atoms with Crippen LogP contribution in [0.4, 0.5) is 5.69 Å². The predicted octanol–water partition coefficient (Wildman–Crippen LogP) is 5.28. The lowest BCUT2D eigenvalue weighted by atomic mass is 10.0. The SMILES string of the molecule is CCCOC(=O)c1cccc(NC(=O)CSc2nnc([C@@H](CC(C)C)NC(=O)c3ccccc3Cl)n2C)c1. The summed E-state index contributed by atoms with van der Waals surface area (Å²) in [4.78, 5) is 37.6. The molecule has 0 aliphatic heterocycles. The number of nitrogens with one attached hydrogen (secondary N) is 2. The third-order valence-electron chi connectivity index (χ3n) is 5.46. The molecule has 1 aromatic heterocycles. The third kappa shape index (κ3) is 8.06. The van der Waals surface area contributed by atoms with E-state index < -0.39 is 12.0 Å². The van der Waals surface area contributed by atoms with Crippen LogP contribution in [0.15, 0.2) is 53.7 Å². The monoisotopic (exact) mass is 557 g/mol. The summed E-state index contributed by atoms with van der Waals surface area (Å²) < 4.78 is 6.93. The molecule has 0 unspecified atom stereocenters. The molecule has 0 fully saturated rings. The topological polar surface area (TPSA) is 115 Å². The highest BCUT2D eigenvalue weighted by Gasteiger charge is 2.24. The van der Waals surface area contributed by atoms with E-state index in [-0.39, 0.29) is 23.5 Å². The Morgan fingerprint density at radius 2 is 1.87 bits per heavy atom. The fourth-order valence-electron chi connectivity index (χ4n) is 3.67. The molecule has 202 valence electrons. The minimum absolute atomic E-state index is 0.0807. The Balaban J connectivity index is 1.65. The molecule has 0 spiro atoms. The maximum Gasteiger partial charge on any atom is 0.338 e. The van der Waals surface area contributed by atoms with E-state index in [0.717, 1.165) is 6.42 Å². The standard InChI is InChI=1S/C27H32ClN5O4S/c1-5-13-37-26(36)18-9-8-10-19(15-18)29-23(34)16-38-27-32-31-24(33(27)4)22(14-17(2)3)30-25(35)20-11-6-7-12-21(20)28/h6-12,15,17,22H,5,13-14,16H2,1-4H3,(H,29,34)(H,30,35)/t22-/m1/s1. The fourth-order valence-corrected chi connectivity index (χ4v) is 4.61. The van der Waals surface area contributed by atoms with Gasteiger partial charge in [0.1, 0.15) is 0 Å². The molecule has 1 atom stereocenters. The van der Waals surface area contributed by atoms with Crippen LogP contribution in [-0.2, 0) is 16.6 Å². The van der Waals surface area contributed by atoms with Crippen LogP contribution in [-0.4, -0.2) is 44.9 Å². The van der Waals surface area contributed by atoms with E-state index in [4.69, 9.17) is 16.3 Å². The van der Waals surface area contributed by atoms with Gasteiger partial charge in [0.25, 0.3) is 5.91 Å². The molecule has 1 heterocycles. The van der Waals surface area contributed by atoms with Gasteiger partial charge in [-0.1, -0.05) is 62.3 Å². The highest BCUT2D eigenvalue weighted by Crippen LogP contribution is 2.25. The number of aromatic nitrogens is 3. The quantitative estimate of drug-likeness (QED) is 0.230. The van der Waals surface area contributed by atoms with Crippen LogP contribution in [0, 0.1) is 5.92 Å². The van der Waals surface area contributed by atoms with Crippen LogP contribution >= 0.6 is 23.4 Å². The number of halogens is 1. The second-order valence-electron chi connectivity index (χ2n) is 9.09. The Morgan fingerprint density at radius 3 is 2.58 bits per heavy atom. The maximum atomic E-state index is 12.9. The van der Waals surface area contributed by atoms with Gasteiger partial charge in [0.2, 0.25) is 5.91 Å². The zero-order chi connectivity index (χ0) is 27.7. The van der Waals surface area contributed by atoms with Crippen LogP contribution in [0.5, 0.6) is 0 Å². The van der Waals surface area contributed by atoms with Crippen LogP contribution in [0.1, 0.15) is 66.2 Å². The van der Waals surface area contributed by atoms with Crippen molar-refractivity contribution < 1.29 is 19.1 Å². The van der Waals surface area contributed by atoms with Gasteiger partial charge in [-0.05, 0) is 49.1 Å². The molecular formula is C27H32ClN5O4S. The molecule has 2 N–H and O–H groups in total. The van der Waals surface area contributed by atoms with Crippen molar-refractivity contribution in [2.45, 2.75) is 44.8 Å². The van der Waals surface area contributed by atoms with Crippen molar-refractivity contribution in [2.75, 3.05) is 17.7 Å². The zero-order valence-electron chi connectivity index (χ0n) is 21.9. The van der Waals surface area contributed by atoms with E-state index in [2.05, 4.69) is 34.7 Å². The van der Waals surface area contributed by atoms with Gasteiger partial charge in [0.05, 0.1) is 34.6 Å². The summed E-state index contributed by atoms with van der Waals surface area (Å²) >= 11 is 7.43. The Kier molecular flexibility index (Phi) is 10.7. The minimum atomic E-state index is -0.429. The van der Waals surface area contributed by atoms with Gasteiger partial charge in [-0.2, -0.15) is 0 Å². The third-order valence-corrected chi connectivity index (χ3v) is 6.81. The van der Waals surface area contributed by atoms with Crippen molar-refractivity contribution >= 4 is 46.8 Å². The molecule has 0 bridgehead atoms. The lowest BCUT2D eigenvalue weighted by Gasteiger charge is -2.20. The first-order valence-corrected chi connectivity index (χ1v) is 13.7. The number of nitrogens with zero attached hydrogens (tertiary/aromatic N) is 3. The molecule has 0 saturated heterocycles. The van der Waals surface area contributed by atoms with Gasteiger partial charge >= 0.3 is 5.97 Å². The van der Waals surface area contributed by atoms with E-state index in [1.807, 2.05) is 6.92 Å². The average molecular weight is 558 g/mol. The predicted molar refractivity (Wildman–Crippen MR) is 148 cm³/mol. The number of carbonyl (C=O) groups excluding carboxylic acids is 3. The number of anilines is 1. The van der Waals surface area contributed by atoms with E-state index in [9.17, 15) is 14.4 Å². The lowest BCUT2D eigenvalue weighted by Crippen LogP contribution is -2.31. The van der Waals surface area contributed by atoms with E-state index in [1.54, 1.807) is 60.1 Å². The molecule has 3 rings (SSSR count). The molecule has 9 nitrogen and oxygen atoms in total. The summed E-state index contributed by atoms with van der Waals surface area (Å²) in [5, 5.41) is 15.3. The first kappa shape index (κ1) is 29.2. The minimum Gasteiger partial charge on any atom is -0.462 e. The van der Waals surface area contributed by atoms with Crippen LogP contribution in [0.3, 0.4) is 0 Å². The number of carbonyl (C=O) groups is 3. The summed E-state index contributed by atoms with van der Waals surface area (Å²) in [5.74, 6) is -0.0397. The first-order valence-electron chi connectivity index (χ1n) is 12.3. The average Bonchev–Trinajstić information content (AvgIpc) is 3.25. The van der Waals surface area contributed by atoms with Crippen molar-refractivity contribution in [2.24, 2.45) is 13.0 Å². The van der Waals surface area contributed by atoms with Gasteiger partial charge in [0.15, 0.2) is 11.0 Å². The summed E-state index contributed by atoms with van der Waals surface area (Å²) in [6, 6.07) is 13.1. The van der Waals surface area contributed by atoms with Crippen molar-refractivity contribution in [3.63, 3.8) is 0 Å². The first-order chi connectivity index (χ1) is 18.2. The number of amides is 2. The van der Waals surface area contributed by atoms with E-state index >= 15 is 0 Å². The Bertz CT molecular complexity index is 1280. The van der Waals surface area contributed by atoms with E-state index in [1.165, 1.54) is 11.8 Å². The van der Waals surface area contributed by atoms with Gasteiger partial charge in [0, 0.05) is 12.7 Å². The second-order valence-corrected chi connectivity index (χ2v) is 10.4. The van der Waals surface area contributed by atoms with Crippen molar-refractivity contribution in [1.82, 2.24) is 20.1 Å². The maximum absolute atomic E-state index is 12.9. The Labute approximate surface area is 231 Å². The number of esters is 1. The molecule has 3 aromatic rings. The molecule has 2 aromatic carbocycles. The van der Waals surface area contributed by atoms with Crippen molar-refractivity contribution in [3.8, 4) is 0 Å². The largest absolute Gasteiger partial charge is 0.462 e. The number of rotatable bonds is 12. The number of hydrogen-bond donors (Lipinski definition) is 2. The summed E-state index contributed by atoms with van der Waals surface area (Å²) in [6.45, 7) is 6.38. The summed E-state index contributed by atoms with van der Waals surface area (Å²) in [6.07, 6.45) is 1.37. The van der Waals surface area contributed by atoms with Gasteiger partial charge in [-0.3, -0.25) is 9.59 Å². The van der Waals surface area contributed by atoms with Crippen LogP contribution in [0.2, 0.25) is 5.02 Å². The number of hydrogen-bond acceptors (Lipinski definition) is 7. The van der Waals surface area contributed by atoms with Gasteiger partial charge in [-0.15, -0.1) is 10.2 Å². The lowest BCUT2D eigenvalue weighted by molar-refractivity contribution is -0.113. The number of thioether (sulfide) groups is 1. The summed E-state index contributed by atoms with van der Waals surface area (Å²) in [5.41, 5.74) is 1.26. The highest BCUT2D eigenvalue weighted by atomic mass is 35.5. The molecule has 0 radical (unpaired) electrons. The highest BCUT2D eigenvalue weighted by molar-refractivity contribution is 7.99. The molecular weight excluding hydrogens is 526 g/mol. The molecule has 0 aliphatic carbocycles. The van der Waals surface area contributed by atoms with E-state index in [0.29, 0.717) is 45.8 Å². The Morgan fingerprint density at radius 1 is 1.11 bits per heavy atom. The zero-order valence-corrected chi connectivity index (χ0v) is 23.4. The van der Waals surface area contributed by atoms with Crippen LogP contribution < -0.4 is 10.6 Å². The summed E-state index contributed by atoms with van der Waals surface area (Å²) in [7, 11) is 1.80. The number of ether oxygens (including phenoxy) is 1. The fraction of sp³-hybridized carbons (Fsp3) is 0.370. The smallest absolute Gasteiger partial charge is 0.338 e. The normalized spacial score (nSPS) is 11.7. The van der Waals surface area contributed by atoms with Gasteiger partial charge in [-0.25, -0.2) is 4.79 Å². The van der Waals surface area contributed by atoms with Crippen molar-refractivity contribution in [3.05, 3.63) is 70.5 Å². The molecule has 38 heavy (non-hydrogen) atoms. The molecule has 2 amide bonds. The number of benzene rings is 2. The molecule has 0 aliphatic rings. The Hall–Kier alpha value is -3.37.